The number of hydrogen-bond donors (Lipinski definition) is 0. The Balaban J connectivity index is 3.28. The van der Waals surface area contributed by atoms with Crippen LogP contribution in [0.2, 0.25) is 0 Å². The molecule has 0 aromatic carbocycles. The normalized spacial score (nSPS) is 13.4. The van der Waals surface area contributed by atoms with Crippen molar-refractivity contribution < 1.29 is 26.3 Å². The fraction of sp³-hybridized carbons (Fsp3) is 1.00. The first-order chi connectivity index (χ1) is 5.71. The summed E-state index contributed by atoms with van der Waals surface area (Å²) in [6.07, 6.45) is -9.65. The van der Waals surface area contributed by atoms with Gasteiger partial charge < -0.3 is 0 Å². The smallest absolute Gasteiger partial charge is 0.171 e. The summed E-state index contributed by atoms with van der Waals surface area (Å²) in [5, 5.41) is 0. The van der Waals surface area contributed by atoms with Crippen molar-refractivity contribution in [1.82, 2.24) is 0 Å². The molecule has 0 aliphatic heterocycles. The van der Waals surface area contributed by atoms with Gasteiger partial charge in [-0.3, -0.25) is 0 Å². The van der Waals surface area contributed by atoms with E-state index in [4.69, 9.17) is 0 Å². The third kappa shape index (κ3) is 12.3. The van der Waals surface area contributed by atoms with Crippen LogP contribution in [-0.4, -0.2) is 23.9 Å². The summed E-state index contributed by atoms with van der Waals surface area (Å²) in [6, 6.07) is 0. The zero-order valence-corrected chi connectivity index (χ0v) is 7.84. The molecular weight excluding hydrogens is 238 g/mol. The second kappa shape index (κ2) is 5.23. The molecule has 0 aliphatic carbocycles. The van der Waals surface area contributed by atoms with Crippen LogP contribution >= 0.6 is 21.6 Å². The highest BCUT2D eigenvalue weighted by atomic mass is 33.1. The van der Waals surface area contributed by atoms with Crippen LogP contribution in [0.25, 0.3) is 0 Å². The van der Waals surface area contributed by atoms with Gasteiger partial charge in [0.15, 0.2) is 0 Å². The second-order valence-corrected chi connectivity index (χ2v) is 4.65. The highest BCUT2D eigenvalue weighted by Gasteiger charge is 2.29. The standard InChI is InChI=1S/C5H6F6S2/c6-4(7,8)1-2-12-13-3-5(9,10)11/h1-3H2. The largest absolute Gasteiger partial charge is 0.398 e. The summed E-state index contributed by atoms with van der Waals surface area (Å²) in [5.74, 6) is -1.46. The molecule has 0 nitrogen and oxygen atoms in total. The van der Waals surface area contributed by atoms with Gasteiger partial charge in [-0.25, -0.2) is 0 Å². The van der Waals surface area contributed by atoms with Crippen LogP contribution in [-0.2, 0) is 0 Å². The van der Waals surface area contributed by atoms with Gasteiger partial charge in [-0.15, -0.1) is 0 Å². The van der Waals surface area contributed by atoms with Crippen LogP contribution in [0.15, 0.2) is 0 Å². The number of rotatable bonds is 4. The van der Waals surface area contributed by atoms with Gasteiger partial charge in [0.05, 0.1) is 12.2 Å². The van der Waals surface area contributed by atoms with Crippen molar-refractivity contribution in [3.8, 4) is 0 Å². The third-order valence-corrected chi connectivity index (χ3v) is 3.11. The van der Waals surface area contributed by atoms with Crippen LogP contribution in [0.4, 0.5) is 26.3 Å². The average molecular weight is 244 g/mol. The fourth-order valence-electron chi connectivity index (χ4n) is 0.325. The molecule has 0 amide bonds. The Labute approximate surface area is 78.8 Å². The summed E-state index contributed by atoms with van der Waals surface area (Å²) in [5.41, 5.74) is 0. The van der Waals surface area contributed by atoms with Crippen LogP contribution in [0, 0.1) is 0 Å². The van der Waals surface area contributed by atoms with Crippen molar-refractivity contribution in [2.75, 3.05) is 11.5 Å². The Bertz CT molecular complexity index is 123. The predicted molar refractivity (Wildman–Crippen MR) is 41.6 cm³/mol. The molecule has 0 bridgehead atoms. The highest BCUT2D eigenvalue weighted by molar-refractivity contribution is 8.76. The number of halogens is 6. The lowest BCUT2D eigenvalue weighted by atomic mass is 10.5. The van der Waals surface area contributed by atoms with Gasteiger partial charge in [0.2, 0.25) is 0 Å². The molecular formula is C5H6F6S2. The summed E-state index contributed by atoms with van der Waals surface area (Å²) >= 11 is 0. The zero-order valence-electron chi connectivity index (χ0n) is 6.21. The molecule has 80 valence electrons. The Morgan fingerprint density at radius 1 is 0.769 bits per heavy atom. The number of hydrogen-bond acceptors (Lipinski definition) is 2. The van der Waals surface area contributed by atoms with E-state index in [0.717, 1.165) is 0 Å². The molecule has 0 N–H and O–H groups in total. The Morgan fingerprint density at radius 3 is 1.69 bits per heavy atom. The topological polar surface area (TPSA) is 0 Å². The van der Waals surface area contributed by atoms with Gasteiger partial charge in [0.1, 0.15) is 0 Å². The van der Waals surface area contributed by atoms with Crippen molar-refractivity contribution in [3.05, 3.63) is 0 Å². The van der Waals surface area contributed by atoms with E-state index in [1.54, 1.807) is 0 Å². The summed E-state index contributed by atoms with van der Waals surface area (Å²) in [6.45, 7) is 0. The SMILES string of the molecule is FC(F)(F)CCSSCC(F)(F)F. The first-order valence-electron chi connectivity index (χ1n) is 3.09. The highest BCUT2D eigenvalue weighted by Crippen LogP contribution is 2.32. The van der Waals surface area contributed by atoms with Crippen molar-refractivity contribution in [2.45, 2.75) is 18.8 Å². The van der Waals surface area contributed by atoms with Crippen LogP contribution in [0.1, 0.15) is 6.42 Å². The minimum Gasteiger partial charge on any atom is -0.171 e. The maximum absolute atomic E-state index is 11.5. The van der Waals surface area contributed by atoms with E-state index < -0.39 is 24.5 Å². The van der Waals surface area contributed by atoms with Crippen molar-refractivity contribution >= 4 is 21.6 Å². The molecule has 0 unspecified atom stereocenters. The van der Waals surface area contributed by atoms with E-state index in [9.17, 15) is 26.3 Å². The quantitative estimate of drug-likeness (QED) is 0.418. The number of alkyl halides is 6. The molecule has 8 heteroatoms. The lowest BCUT2D eigenvalue weighted by Gasteiger charge is -2.06. The minimum atomic E-state index is -4.31. The van der Waals surface area contributed by atoms with Gasteiger partial charge in [-0.05, 0) is 0 Å². The zero-order chi connectivity index (χ0) is 10.5. The van der Waals surface area contributed by atoms with Crippen LogP contribution in [0.5, 0.6) is 0 Å². The second-order valence-electron chi connectivity index (χ2n) is 2.06. The molecule has 0 spiro atoms. The lowest BCUT2D eigenvalue weighted by Crippen LogP contribution is -2.10. The summed E-state index contributed by atoms with van der Waals surface area (Å²) < 4.78 is 68.8. The van der Waals surface area contributed by atoms with Crippen molar-refractivity contribution in [3.63, 3.8) is 0 Å². The molecule has 0 aromatic heterocycles. The van der Waals surface area contributed by atoms with Gasteiger partial charge in [0.25, 0.3) is 0 Å². The van der Waals surface area contributed by atoms with Gasteiger partial charge in [0, 0.05) is 5.75 Å². The molecule has 0 aliphatic rings. The Morgan fingerprint density at radius 2 is 1.31 bits per heavy atom. The molecule has 0 saturated carbocycles. The lowest BCUT2D eigenvalue weighted by molar-refractivity contribution is -0.129. The molecule has 0 fully saturated rings. The first kappa shape index (κ1) is 13.3. The molecule has 0 rings (SSSR count). The van der Waals surface area contributed by atoms with E-state index in [0.29, 0.717) is 21.6 Å². The fourth-order valence-corrected chi connectivity index (χ4v) is 2.23. The van der Waals surface area contributed by atoms with Gasteiger partial charge >= 0.3 is 12.4 Å². The first-order valence-corrected chi connectivity index (χ1v) is 5.57. The monoisotopic (exact) mass is 244 g/mol. The van der Waals surface area contributed by atoms with Crippen LogP contribution < -0.4 is 0 Å². The summed E-state index contributed by atoms with van der Waals surface area (Å²) in [4.78, 5) is 0. The molecule has 0 saturated heterocycles. The maximum Gasteiger partial charge on any atom is 0.398 e. The minimum absolute atomic E-state index is 0.343. The molecule has 13 heavy (non-hydrogen) atoms. The van der Waals surface area contributed by atoms with E-state index in [1.165, 1.54) is 0 Å². The predicted octanol–water partition coefficient (Wildman–Crippen LogP) is 3.88. The maximum atomic E-state index is 11.5. The van der Waals surface area contributed by atoms with E-state index in [2.05, 4.69) is 0 Å². The van der Waals surface area contributed by atoms with Crippen LogP contribution in [0.3, 0.4) is 0 Å². The molecule has 0 radical (unpaired) electrons. The molecule has 0 atom stereocenters. The molecule has 0 aromatic rings. The Hall–Kier alpha value is 0.280. The van der Waals surface area contributed by atoms with E-state index in [-0.39, 0.29) is 5.75 Å². The van der Waals surface area contributed by atoms with Crippen molar-refractivity contribution in [2.24, 2.45) is 0 Å². The Kier molecular flexibility index (Phi) is 5.35. The van der Waals surface area contributed by atoms with E-state index >= 15 is 0 Å². The average Bonchev–Trinajstić information content (AvgIpc) is 1.81. The van der Waals surface area contributed by atoms with Gasteiger partial charge in [-0.2, -0.15) is 26.3 Å². The summed E-state index contributed by atoms with van der Waals surface area (Å²) in [7, 11) is 0.976. The van der Waals surface area contributed by atoms with E-state index in [1.807, 2.05) is 0 Å². The van der Waals surface area contributed by atoms with Crippen molar-refractivity contribution in [1.29, 1.82) is 0 Å². The molecule has 0 heterocycles. The van der Waals surface area contributed by atoms with Gasteiger partial charge in [-0.1, -0.05) is 21.6 Å². The third-order valence-electron chi connectivity index (χ3n) is 0.775.